The highest BCUT2D eigenvalue weighted by Crippen LogP contribution is 2.31. The van der Waals surface area contributed by atoms with Crippen molar-refractivity contribution in [1.29, 1.82) is 0 Å². The number of nitrogens with two attached hydrogens (primary N) is 1. The van der Waals surface area contributed by atoms with Crippen molar-refractivity contribution in [3.05, 3.63) is 28.8 Å². The van der Waals surface area contributed by atoms with Gasteiger partial charge in [0.05, 0.1) is 0 Å². The van der Waals surface area contributed by atoms with Crippen LogP contribution >= 0.6 is 11.6 Å². The lowest BCUT2D eigenvalue weighted by Crippen LogP contribution is -2.40. The number of halogens is 1. The number of anilines is 1. The van der Waals surface area contributed by atoms with Gasteiger partial charge in [-0.15, -0.1) is 0 Å². The fraction of sp³-hybridized carbons (Fsp3) is 0.625. The van der Waals surface area contributed by atoms with E-state index in [0.29, 0.717) is 6.04 Å². The van der Waals surface area contributed by atoms with Gasteiger partial charge in [0.25, 0.3) is 0 Å². The third-order valence-electron chi connectivity index (χ3n) is 3.80. The van der Waals surface area contributed by atoms with Crippen molar-refractivity contribution in [2.45, 2.75) is 53.1 Å². The standard InChI is InChI=1S/C16H27ClN2/c1-11(18)9-13-10-14(17)7-8-15(13)19(6)12(2)16(3,4)5/h7-8,10-12H,9,18H2,1-6H3. The molecule has 2 unspecified atom stereocenters. The van der Waals surface area contributed by atoms with Crippen LogP contribution in [0.5, 0.6) is 0 Å². The number of nitrogens with zero attached hydrogens (tertiary/aromatic N) is 1. The lowest BCUT2D eigenvalue weighted by Gasteiger charge is -2.38. The molecule has 0 saturated carbocycles. The first kappa shape index (κ1) is 16.3. The molecule has 0 radical (unpaired) electrons. The SMILES string of the molecule is CC(N)Cc1cc(Cl)ccc1N(C)C(C)C(C)(C)C. The van der Waals surface area contributed by atoms with Crippen molar-refractivity contribution in [2.24, 2.45) is 11.1 Å². The Morgan fingerprint density at radius 2 is 1.84 bits per heavy atom. The summed E-state index contributed by atoms with van der Waals surface area (Å²) < 4.78 is 0. The van der Waals surface area contributed by atoms with E-state index in [1.165, 1.54) is 11.3 Å². The molecular weight excluding hydrogens is 256 g/mol. The van der Waals surface area contributed by atoms with E-state index in [4.69, 9.17) is 17.3 Å². The van der Waals surface area contributed by atoms with Gasteiger partial charge in [0.2, 0.25) is 0 Å². The molecule has 1 rings (SSSR count). The highest BCUT2D eigenvalue weighted by atomic mass is 35.5. The van der Waals surface area contributed by atoms with E-state index in [2.05, 4.69) is 45.7 Å². The van der Waals surface area contributed by atoms with Gasteiger partial charge in [0, 0.05) is 29.8 Å². The smallest absolute Gasteiger partial charge is 0.0410 e. The van der Waals surface area contributed by atoms with Crippen molar-refractivity contribution in [3.8, 4) is 0 Å². The first-order valence-corrected chi connectivity index (χ1v) is 7.27. The van der Waals surface area contributed by atoms with Gasteiger partial charge in [-0.05, 0) is 49.4 Å². The third kappa shape index (κ3) is 4.39. The molecule has 0 saturated heterocycles. The highest BCUT2D eigenvalue weighted by molar-refractivity contribution is 6.30. The Morgan fingerprint density at radius 1 is 1.26 bits per heavy atom. The Bertz CT molecular complexity index is 421. The second-order valence-electron chi connectivity index (χ2n) is 6.61. The van der Waals surface area contributed by atoms with Crippen molar-refractivity contribution >= 4 is 17.3 Å². The Labute approximate surface area is 122 Å². The summed E-state index contributed by atoms with van der Waals surface area (Å²) in [6, 6.07) is 6.65. The van der Waals surface area contributed by atoms with Crippen LogP contribution in [-0.2, 0) is 6.42 Å². The first-order valence-electron chi connectivity index (χ1n) is 6.89. The molecule has 0 aliphatic carbocycles. The second-order valence-corrected chi connectivity index (χ2v) is 7.04. The summed E-state index contributed by atoms with van der Waals surface area (Å²) in [6.45, 7) is 11.1. The molecule has 0 fully saturated rings. The minimum absolute atomic E-state index is 0.135. The Balaban J connectivity index is 3.11. The van der Waals surface area contributed by atoms with E-state index < -0.39 is 0 Å². The zero-order valence-electron chi connectivity index (χ0n) is 13.0. The second kappa shape index (κ2) is 6.15. The summed E-state index contributed by atoms with van der Waals surface area (Å²) in [5.74, 6) is 0. The molecule has 0 bridgehead atoms. The van der Waals surface area contributed by atoms with E-state index in [-0.39, 0.29) is 11.5 Å². The number of hydrogen-bond acceptors (Lipinski definition) is 2. The number of benzene rings is 1. The maximum absolute atomic E-state index is 6.12. The third-order valence-corrected chi connectivity index (χ3v) is 4.03. The molecule has 3 heteroatoms. The Hall–Kier alpha value is -0.730. The predicted molar refractivity (Wildman–Crippen MR) is 86.1 cm³/mol. The van der Waals surface area contributed by atoms with Gasteiger partial charge in [0.15, 0.2) is 0 Å². The van der Waals surface area contributed by atoms with E-state index >= 15 is 0 Å². The molecule has 2 atom stereocenters. The summed E-state index contributed by atoms with van der Waals surface area (Å²) >= 11 is 6.12. The van der Waals surface area contributed by atoms with Crippen LogP contribution < -0.4 is 10.6 Å². The summed E-state index contributed by atoms with van der Waals surface area (Å²) in [5.41, 5.74) is 8.62. The molecule has 1 aromatic carbocycles. The van der Waals surface area contributed by atoms with Crippen molar-refractivity contribution in [3.63, 3.8) is 0 Å². The van der Waals surface area contributed by atoms with Crippen molar-refractivity contribution in [2.75, 3.05) is 11.9 Å². The zero-order chi connectivity index (χ0) is 14.8. The normalized spacial score (nSPS) is 15.2. The number of rotatable bonds is 4. The van der Waals surface area contributed by atoms with Crippen LogP contribution in [0.25, 0.3) is 0 Å². The van der Waals surface area contributed by atoms with Crippen LogP contribution in [0.15, 0.2) is 18.2 Å². The van der Waals surface area contributed by atoms with E-state index in [1.807, 2.05) is 19.1 Å². The molecule has 0 spiro atoms. The first-order chi connectivity index (χ1) is 8.62. The number of hydrogen-bond donors (Lipinski definition) is 1. The Morgan fingerprint density at radius 3 is 2.32 bits per heavy atom. The van der Waals surface area contributed by atoms with Gasteiger partial charge in [-0.1, -0.05) is 32.4 Å². The summed E-state index contributed by atoms with van der Waals surface area (Å²) in [4.78, 5) is 2.33. The quantitative estimate of drug-likeness (QED) is 0.901. The summed E-state index contributed by atoms with van der Waals surface area (Å²) in [7, 11) is 2.14. The molecule has 108 valence electrons. The van der Waals surface area contributed by atoms with Crippen molar-refractivity contribution < 1.29 is 0 Å². The molecule has 19 heavy (non-hydrogen) atoms. The van der Waals surface area contributed by atoms with Crippen LogP contribution in [0.3, 0.4) is 0 Å². The zero-order valence-corrected chi connectivity index (χ0v) is 13.8. The summed E-state index contributed by atoms with van der Waals surface area (Å²) in [5, 5.41) is 0.774. The highest BCUT2D eigenvalue weighted by Gasteiger charge is 2.25. The van der Waals surface area contributed by atoms with Crippen LogP contribution in [0.1, 0.15) is 40.2 Å². The molecule has 0 heterocycles. The average Bonchev–Trinajstić information content (AvgIpc) is 2.25. The van der Waals surface area contributed by atoms with Gasteiger partial charge in [-0.25, -0.2) is 0 Å². The topological polar surface area (TPSA) is 29.3 Å². The fourth-order valence-corrected chi connectivity index (χ4v) is 2.39. The minimum Gasteiger partial charge on any atom is -0.371 e. The Kier molecular flexibility index (Phi) is 5.28. The minimum atomic E-state index is 0.135. The average molecular weight is 283 g/mol. The fourth-order valence-electron chi connectivity index (χ4n) is 2.20. The lowest BCUT2D eigenvalue weighted by molar-refractivity contribution is 0.329. The van der Waals surface area contributed by atoms with Crippen molar-refractivity contribution in [1.82, 2.24) is 0 Å². The lowest BCUT2D eigenvalue weighted by atomic mass is 9.86. The van der Waals surface area contributed by atoms with Crippen LogP contribution in [0.4, 0.5) is 5.69 Å². The predicted octanol–water partition coefficient (Wildman–Crippen LogP) is 4.10. The molecule has 0 aliphatic heterocycles. The maximum atomic E-state index is 6.12. The summed E-state index contributed by atoms with van der Waals surface area (Å²) in [6.07, 6.45) is 0.844. The van der Waals surface area contributed by atoms with Crippen LogP contribution in [-0.4, -0.2) is 19.1 Å². The van der Waals surface area contributed by atoms with E-state index in [9.17, 15) is 0 Å². The molecule has 0 aromatic heterocycles. The van der Waals surface area contributed by atoms with Gasteiger partial charge < -0.3 is 10.6 Å². The maximum Gasteiger partial charge on any atom is 0.0410 e. The van der Waals surface area contributed by atoms with Crippen LogP contribution in [0.2, 0.25) is 5.02 Å². The van der Waals surface area contributed by atoms with Gasteiger partial charge in [0.1, 0.15) is 0 Å². The molecule has 0 aliphatic rings. The molecule has 2 nitrogen and oxygen atoms in total. The monoisotopic (exact) mass is 282 g/mol. The van der Waals surface area contributed by atoms with Gasteiger partial charge in [-0.3, -0.25) is 0 Å². The molecule has 2 N–H and O–H groups in total. The molecule has 0 amide bonds. The van der Waals surface area contributed by atoms with Gasteiger partial charge in [-0.2, -0.15) is 0 Å². The van der Waals surface area contributed by atoms with E-state index in [0.717, 1.165) is 11.4 Å². The van der Waals surface area contributed by atoms with Crippen LogP contribution in [0, 0.1) is 5.41 Å². The molecule has 1 aromatic rings. The van der Waals surface area contributed by atoms with Gasteiger partial charge >= 0.3 is 0 Å². The van der Waals surface area contributed by atoms with E-state index in [1.54, 1.807) is 0 Å². The molecular formula is C16H27ClN2. The largest absolute Gasteiger partial charge is 0.371 e.